The monoisotopic (exact) mass is 358 g/mol. The summed E-state index contributed by atoms with van der Waals surface area (Å²) in [5.74, 6) is -0.742. The number of thiazole rings is 1. The van der Waals surface area contributed by atoms with Gasteiger partial charge in [-0.3, -0.25) is 14.9 Å². The highest BCUT2D eigenvalue weighted by Gasteiger charge is 2.27. The average molecular weight is 358 g/mol. The normalized spacial score (nSPS) is 14.9. The van der Waals surface area contributed by atoms with E-state index in [2.05, 4.69) is 9.88 Å². The predicted octanol–water partition coefficient (Wildman–Crippen LogP) is 2.76. The fourth-order valence-electron chi connectivity index (χ4n) is 2.79. The molecule has 3 heterocycles. The first-order chi connectivity index (χ1) is 12.1. The van der Waals surface area contributed by atoms with Crippen LogP contribution in [0, 0.1) is 10.1 Å². The van der Waals surface area contributed by atoms with E-state index in [9.17, 15) is 14.9 Å². The maximum atomic E-state index is 12.4. The van der Waals surface area contributed by atoms with E-state index in [1.54, 1.807) is 16.2 Å². The molecule has 1 saturated heterocycles. The number of hydrogen-bond acceptors (Lipinski definition) is 7. The largest absolute Gasteiger partial charge is 0.433 e. The van der Waals surface area contributed by atoms with Crippen LogP contribution in [0.3, 0.4) is 0 Å². The van der Waals surface area contributed by atoms with Crippen LogP contribution in [0.25, 0.3) is 10.2 Å². The molecule has 1 aliphatic rings. The van der Waals surface area contributed by atoms with Gasteiger partial charge in [0, 0.05) is 26.2 Å². The van der Waals surface area contributed by atoms with Gasteiger partial charge in [-0.2, -0.15) is 0 Å². The lowest BCUT2D eigenvalue weighted by molar-refractivity contribution is -0.402. The Morgan fingerprint density at radius 1 is 1.16 bits per heavy atom. The molecule has 128 valence electrons. The van der Waals surface area contributed by atoms with Gasteiger partial charge in [-0.15, -0.1) is 0 Å². The van der Waals surface area contributed by atoms with Gasteiger partial charge in [0.05, 0.1) is 16.3 Å². The Labute approximate surface area is 146 Å². The Kier molecular flexibility index (Phi) is 3.85. The Bertz CT molecular complexity index is 909. The number of para-hydroxylation sites is 1. The summed E-state index contributed by atoms with van der Waals surface area (Å²) in [4.78, 5) is 30.8. The molecule has 0 aliphatic carbocycles. The number of fused-ring (bicyclic) bond motifs is 1. The summed E-state index contributed by atoms with van der Waals surface area (Å²) in [5, 5.41) is 11.6. The molecule has 1 fully saturated rings. The van der Waals surface area contributed by atoms with E-state index in [1.165, 1.54) is 12.1 Å². The topological polar surface area (TPSA) is 92.7 Å². The summed E-state index contributed by atoms with van der Waals surface area (Å²) in [6.07, 6.45) is 0. The number of carbonyl (C=O) groups excluding carboxylic acids is 1. The van der Waals surface area contributed by atoms with Gasteiger partial charge in [-0.25, -0.2) is 4.98 Å². The Morgan fingerprint density at radius 2 is 1.92 bits per heavy atom. The second kappa shape index (κ2) is 6.17. The quantitative estimate of drug-likeness (QED) is 0.528. The molecule has 1 amide bonds. The second-order valence-electron chi connectivity index (χ2n) is 5.64. The van der Waals surface area contributed by atoms with Gasteiger partial charge in [-0.1, -0.05) is 23.5 Å². The van der Waals surface area contributed by atoms with Gasteiger partial charge in [-0.05, 0) is 18.2 Å². The molecule has 9 heteroatoms. The first-order valence-electron chi connectivity index (χ1n) is 7.76. The third-order valence-corrected chi connectivity index (χ3v) is 5.20. The van der Waals surface area contributed by atoms with Crippen molar-refractivity contribution in [3.8, 4) is 0 Å². The van der Waals surface area contributed by atoms with Gasteiger partial charge < -0.3 is 14.2 Å². The highest BCUT2D eigenvalue weighted by Crippen LogP contribution is 2.29. The number of furan rings is 1. The number of rotatable bonds is 3. The molecule has 25 heavy (non-hydrogen) atoms. The van der Waals surface area contributed by atoms with Crippen LogP contribution in [-0.4, -0.2) is 46.9 Å². The number of hydrogen-bond donors (Lipinski definition) is 0. The molecule has 0 unspecified atom stereocenters. The van der Waals surface area contributed by atoms with Crippen molar-refractivity contribution in [1.82, 2.24) is 9.88 Å². The summed E-state index contributed by atoms with van der Waals surface area (Å²) in [6, 6.07) is 10.5. The molecule has 2 aromatic heterocycles. The second-order valence-corrected chi connectivity index (χ2v) is 6.65. The third-order valence-electron chi connectivity index (χ3n) is 4.10. The molecular formula is C16H14N4O4S. The minimum Gasteiger partial charge on any atom is -0.395 e. The third kappa shape index (κ3) is 2.93. The number of carbonyl (C=O) groups is 1. The van der Waals surface area contributed by atoms with E-state index >= 15 is 0 Å². The zero-order valence-corrected chi connectivity index (χ0v) is 13.9. The zero-order valence-electron chi connectivity index (χ0n) is 13.1. The number of piperazine rings is 1. The van der Waals surface area contributed by atoms with Crippen molar-refractivity contribution in [1.29, 1.82) is 0 Å². The van der Waals surface area contributed by atoms with Gasteiger partial charge in [0.2, 0.25) is 0 Å². The van der Waals surface area contributed by atoms with Crippen LogP contribution in [0.2, 0.25) is 0 Å². The van der Waals surface area contributed by atoms with E-state index in [4.69, 9.17) is 4.42 Å². The summed E-state index contributed by atoms with van der Waals surface area (Å²) in [5.41, 5.74) is 0.976. The maximum Gasteiger partial charge on any atom is 0.433 e. The number of aromatic nitrogens is 1. The lowest BCUT2D eigenvalue weighted by Gasteiger charge is -2.34. The van der Waals surface area contributed by atoms with Crippen molar-refractivity contribution in [2.45, 2.75) is 0 Å². The number of benzene rings is 1. The van der Waals surface area contributed by atoms with E-state index in [0.29, 0.717) is 26.2 Å². The van der Waals surface area contributed by atoms with E-state index in [1.807, 2.05) is 24.3 Å². The summed E-state index contributed by atoms with van der Waals surface area (Å²) in [7, 11) is 0. The molecule has 8 nitrogen and oxygen atoms in total. The molecule has 0 N–H and O–H groups in total. The van der Waals surface area contributed by atoms with Crippen molar-refractivity contribution in [3.63, 3.8) is 0 Å². The molecular weight excluding hydrogens is 344 g/mol. The molecule has 3 aromatic rings. The molecule has 0 bridgehead atoms. The molecule has 1 aromatic carbocycles. The van der Waals surface area contributed by atoms with Crippen LogP contribution in [0.15, 0.2) is 40.8 Å². The van der Waals surface area contributed by atoms with Crippen molar-refractivity contribution in [2.24, 2.45) is 0 Å². The lowest BCUT2D eigenvalue weighted by atomic mass is 10.3. The minimum atomic E-state index is -0.651. The van der Waals surface area contributed by atoms with Crippen LogP contribution in [-0.2, 0) is 0 Å². The van der Waals surface area contributed by atoms with Crippen molar-refractivity contribution in [3.05, 3.63) is 52.3 Å². The highest BCUT2D eigenvalue weighted by molar-refractivity contribution is 7.22. The lowest BCUT2D eigenvalue weighted by Crippen LogP contribution is -2.48. The van der Waals surface area contributed by atoms with Crippen molar-refractivity contribution >= 4 is 38.5 Å². The SMILES string of the molecule is O=C(c1ccc([N+](=O)[O-])o1)N1CCN(c2nc3ccccc3s2)CC1. The van der Waals surface area contributed by atoms with Gasteiger partial charge >= 0.3 is 5.88 Å². The number of nitro groups is 1. The molecule has 0 spiro atoms. The van der Waals surface area contributed by atoms with Crippen molar-refractivity contribution < 1.29 is 14.1 Å². The Morgan fingerprint density at radius 3 is 2.60 bits per heavy atom. The van der Waals surface area contributed by atoms with Crippen LogP contribution >= 0.6 is 11.3 Å². The van der Waals surface area contributed by atoms with Gasteiger partial charge in [0.25, 0.3) is 5.91 Å². The van der Waals surface area contributed by atoms with Gasteiger partial charge in [0.1, 0.15) is 4.92 Å². The molecule has 4 rings (SSSR count). The number of anilines is 1. The fourth-order valence-corrected chi connectivity index (χ4v) is 3.81. The van der Waals surface area contributed by atoms with E-state index in [-0.39, 0.29) is 11.7 Å². The van der Waals surface area contributed by atoms with E-state index < -0.39 is 10.8 Å². The van der Waals surface area contributed by atoms with Crippen LogP contribution in [0.1, 0.15) is 10.6 Å². The van der Waals surface area contributed by atoms with Crippen LogP contribution in [0.5, 0.6) is 0 Å². The Balaban J connectivity index is 1.43. The highest BCUT2D eigenvalue weighted by atomic mass is 32.1. The first kappa shape index (κ1) is 15.6. The first-order valence-corrected chi connectivity index (χ1v) is 8.57. The molecule has 0 atom stereocenters. The van der Waals surface area contributed by atoms with Crippen LogP contribution < -0.4 is 4.90 Å². The minimum absolute atomic E-state index is 0.000127. The summed E-state index contributed by atoms with van der Waals surface area (Å²) < 4.78 is 6.14. The van der Waals surface area contributed by atoms with Gasteiger partial charge in [0.15, 0.2) is 10.9 Å². The Hall–Kier alpha value is -2.94. The molecule has 0 saturated carbocycles. The fraction of sp³-hybridized carbons (Fsp3) is 0.250. The summed E-state index contributed by atoms with van der Waals surface area (Å²) in [6.45, 7) is 2.36. The molecule has 1 aliphatic heterocycles. The van der Waals surface area contributed by atoms with Crippen LogP contribution in [0.4, 0.5) is 11.0 Å². The smallest absolute Gasteiger partial charge is 0.395 e. The molecule has 0 radical (unpaired) electrons. The van der Waals surface area contributed by atoms with E-state index in [0.717, 1.165) is 15.3 Å². The number of nitrogens with zero attached hydrogens (tertiary/aromatic N) is 4. The van der Waals surface area contributed by atoms with Crippen molar-refractivity contribution in [2.75, 3.05) is 31.1 Å². The standard InChI is InChI=1S/C16H14N4O4S/c21-15(12-5-6-14(24-12)20(22)23)18-7-9-19(10-8-18)16-17-11-3-1-2-4-13(11)25-16/h1-6H,7-10H2. The average Bonchev–Trinajstić information content (AvgIpc) is 3.28. The maximum absolute atomic E-state index is 12.4. The zero-order chi connectivity index (χ0) is 17.4. The predicted molar refractivity (Wildman–Crippen MR) is 93.1 cm³/mol. The number of amides is 1. The summed E-state index contributed by atoms with van der Waals surface area (Å²) >= 11 is 1.63.